The monoisotopic (exact) mass is 168 g/mol. The highest BCUT2D eigenvalue weighted by atomic mass is 16.2. The summed E-state index contributed by atoms with van der Waals surface area (Å²) in [6, 6.07) is -0.0329. The molecule has 0 fully saturated rings. The number of carbonyl (C=O) groups excluding carboxylic acids is 1. The van der Waals surface area contributed by atoms with Crippen LogP contribution in [0, 0.1) is 12.3 Å². The van der Waals surface area contributed by atoms with Gasteiger partial charge in [0.15, 0.2) is 0 Å². The molecule has 0 unspecified atom stereocenters. The fourth-order valence-electron chi connectivity index (χ4n) is 0.664. The Morgan fingerprint density at radius 3 is 2.83 bits per heavy atom. The fraction of sp³-hybridized carbons (Fsp3) is 0.667. The van der Waals surface area contributed by atoms with E-state index in [-0.39, 0.29) is 6.03 Å². The predicted molar refractivity (Wildman–Crippen MR) is 49.8 cm³/mol. The minimum Gasteiger partial charge on any atom is -0.338 e. The number of carbonyl (C=O) groups is 1. The zero-order valence-electron chi connectivity index (χ0n) is 7.76. The molecule has 3 nitrogen and oxygen atoms in total. The first-order chi connectivity index (χ1) is 5.72. The Bertz CT molecular complexity index is 172. The van der Waals surface area contributed by atoms with E-state index < -0.39 is 0 Å². The molecular weight excluding hydrogens is 152 g/mol. The van der Waals surface area contributed by atoms with E-state index in [1.807, 2.05) is 6.92 Å². The highest BCUT2D eigenvalue weighted by Crippen LogP contribution is 1.86. The highest BCUT2D eigenvalue weighted by Gasteiger charge is 2.02. The molecule has 0 radical (unpaired) electrons. The first-order valence-corrected chi connectivity index (χ1v) is 4.14. The fourth-order valence-corrected chi connectivity index (χ4v) is 0.664. The Hall–Kier alpha value is -1.17. The number of hydrogen-bond acceptors (Lipinski definition) is 1. The van der Waals surface area contributed by atoms with Crippen molar-refractivity contribution in [3.05, 3.63) is 0 Å². The predicted octanol–water partition coefficient (Wildman–Crippen LogP) is 1.06. The molecule has 12 heavy (non-hydrogen) atoms. The summed E-state index contributed by atoms with van der Waals surface area (Å²) in [6.07, 6.45) is 6.62. The summed E-state index contributed by atoms with van der Waals surface area (Å²) in [4.78, 5) is 12.7. The lowest BCUT2D eigenvalue weighted by molar-refractivity contribution is 0.211. The van der Waals surface area contributed by atoms with Gasteiger partial charge in [-0.15, -0.1) is 12.3 Å². The largest absolute Gasteiger partial charge is 0.338 e. The van der Waals surface area contributed by atoms with Gasteiger partial charge in [0.05, 0.1) is 0 Å². The molecule has 2 amide bonds. The topological polar surface area (TPSA) is 32.3 Å². The Morgan fingerprint density at radius 2 is 2.33 bits per heavy atom. The molecule has 0 aromatic carbocycles. The molecule has 0 aromatic rings. The molecule has 0 aliphatic heterocycles. The van der Waals surface area contributed by atoms with Crippen LogP contribution in [0.3, 0.4) is 0 Å². The van der Waals surface area contributed by atoms with Crippen LogP contribution >= 0.6 is 0 Å². The van der Waals surface area contributed by atoms with E-state index in [0.29, 0.717) is 6.54 Å². The van der Waals surface area contributed by atoms with Gasteiger partial charge in [0.1, 0.15) is 0 Å². The summed E-state index contributed by atoms with van der Waals surface area (Å²) < 4.78 is 0. The van der Waals surface area contributed by atoms with Crippen LogP contribution in [0.5, 0.6) is 0 Å². The van der Waals surface area contributed by atoms with Crippen molar-refractivity contribution in [2.45, 2.75) is 19.8 Å². The van der Waals surface area contributed by atoms with Gasteiger partial charge < -0.3 is 10.2 Å². The van der Waals surface area contributed by atoms with E-state index in [9.17, 15) is 4.79 Å². The summed E-state index contributed by atoms with van der Waals surface area (Å²) >= 11 is 0. The van der Waals surface area contributed by atoms with Crippen molar-refractivity contribution in [3.63, 3.8) is 0 Å². The summed E-state index contributed by atoms with van der Waals surface area (Å²) in [6.45, 7) is 3.31. The number of urea groups is 1. The average molecular weight is 168 g/mol. The van der Waals surface area contributed by atoms with Crippen LogP contribution in [0.15, 0.2) is 0 Å². The first kappa shape index (κ1) is 10.8. The van der Waals surface area contributed by atoms with E-state index in [0.717, 1.165) is 19.4 Å². The summed E-state index contributed by atoms with van der Waals surface area (Å²) in [5.41, 5.74) is 0. The molecule has 0 aliphatic rings. The maximum atomic E-state index is 11.1. The molecule has 68 valence electrons. The Kier molecular flexibility index (Phi) is 5.90. The van der Waals surface area contributed by atoms with Crippen molar-refractivity contribution >= 4 is 6.03 Å². The summed E-state index contributed by atoms with van der Waals surface area (Å²) in [5.74, 6) is 2.52. The normalized spacial score (nSPS) is 8.75. The quantitative estimate of drug-likeness (QED) is 0.494. The number of hydrogen-bond donors (Lipinski definition) is 1. The van der Waals surface area contributed by atoms with E-state index in [2.05, 4.69) is 11.2 Å². The van der Waals surface area contributed by atoms with Crippen LogP contribution in [0.2, 0.25) is 0 Å². The Morgan fingerprint density at radius 1 is 1.67 bits per heavy atom. The number of amides is 2. The maximum Gasteiger partial charge on any atom is 0.317 e. The molecule has 0 bridgehead atoms. The third-order valence-electron chi connectivity index (χ3n) is 1.60. The van der Waals surface area contributed by atoms with Gasteiger partial charge in [-0.2, -0.15) is 0 Å². The maximum absolute atomic E-state index is 11.1. The van der Waals surface area contributed by atoms with Gasteiger partial charge in [-0.1, -0.05) is 0 Å². The molecule has 0 rings (SSSR count). The van der Waals surface area contributed by atoms with Crippen molar-refractivity contribution < 1.29 is 4.79 Å². The Balaban J connectivity index is 3.39. The molecule has 0 saturated heterocycles. The van der Waals surface area contributed by atoms with Crippen molar-refractivity contribution in [1.82, 2.24) is 10.2 Å². The number of unbranched alkanes of at least 4 members (excludes halogenated alkanes) is 1. The molecule has 0 atom stereocenters. The second kappa shape index (κ2) is 6.53. The molecule has 3 heteroatoms. The van der Waals surface area contributed by atoms with Crippen LogP contribution in [0.1, 0.15) is 19.8 Å². The van der Waals surface area contributed by atoms with Gasteiger partial charge in [-0.3, -0.25) is 0 Å². The number of nitrogens with zero attached hydrogens (tertiary/aromatic N) is 1. The molecule has 0 aromatic heterocycles. The van der Waals surface area contributed by atoms with Gasteiger partial charge in [0.2, 0.25) is 0 Å². The van der Waals surface area contributed by atoms with Gasteiger partial charge in [-0.25, -0.2) is 4.79 Å². The second-order valence-electron chi connectivity index (χ2n) is 2.55. The van der Waals surface area contributed by atoms with Gasteiger partial charge in [0.25, 0.3) is 0 Å². The minimum absolute atomic E-state index is 0.0329. The zero-order valence-corrected chi connectivity index (χ0v) is 7.76. The molecular formula is C9H16N2O. The summed E-state index contributed by atoms with van der Waals surface area (Å²) in [7, 11) is 1.76. The lowest BCUT2D eigenvalue weighted by atomic mass is 10.3. The smallest absolute Gasteiger partial charge is 0.317 e. The van der Waals surface area contributed by atoms with Gasteiger partial charge >= 0.3 is 6.03 Å². The average Bonchev–Trinajstić information content (AvgIpc) is 2.10. The Labute approximate surface area is 74.1 Å². The van der Waals surface area contributed by atoms with Crippen molar-refractivity contribution in [3.8, 4) is 12.3 Å². The van der Waals surface area contributed by atoms with Crippen molar-refractivity contribution in [1.29, 1.82) is 0 Å². The van der Waals surface area contributed by atoms with Crippen molar-refractivity contribution in [2.24, 2.45) is 0 Å². The van der Waals surface area contributed by atoms with Crippen LogP contribution in [0.4, 0.5) is 4.79 Å². The van der Waals surface area contributed by atoms with Crippen LogP contribution < -0.4 is 5.32 Å². The first-order valence-electron chi connectivity index (χ1n) is 4.14. The third-order valence-corrected chi connectivity index (χ3v) is 1.60. The lowest BCUT2D eigenvalue weighted by Crippen LogP contribution is -2.37. The molecule has 0 heterocycles. The van der Waals surface area contributed by atoms with E-state index in [1.165, 1.54) is 0 Å². The SMILES string of the molecule is C#CCCCNC(=O)N(C)CC. The summed E-state index contributed by atoms with van der Waals surface area (Å²) in [5, 5.41) is 2.76. The number of nitrogens with one attached hydrogen (secondary N) is 1. The number of terminal acetylenes is 1. The lowest BCUT2D eigenvalue weighted by Gasteiger charge is -2.14. The van der Waals surface area contributed by atoms with Crippen LogP contribution in [0.25, 0.3) is 0 Å². The molecule has 1 N–H and O–H groups in total. The van der Waals surface area contributed by atoms with Crippen LogP contribution in [-0.4, -0.2) is 31.1 Å². The van der Waals surface area contributed by atoms with Crippen LogP contribution in [-0.2, 0) is 0 Å². The van der Waals surface area contributed by atoms with Gasteiger partial charge in [-0.05, 0) is 13.3 Å². The van der Waals surface area contributed by atoms with Gasteiger partial charge in [0, 0.05) is 26.6 Å². The van der Waals surface area contributed by atoms with E-state index in [1.54, 1.807) is 11.9 Å². The van der Waals surface area contributed by atoms with E-state index in [4.69, 9.17) is 6.42 Å². The number of rotatable bonds is 4. The zero-order chi connectivity index (χ0) is 9.40. The molecule has 0 aliphatic carbocycles. The minimum atomic E-state index is -0.0329. The second-order valence-corrected chi connectivity index (χ2v) is 2.55. The highest BCUT2D eigenvalue weighted by molar-refractivity contribution is 5.73. The third kappa shape index (κ3) is 4.62. The van der Waals surface area contributed by atoms with E-state index >= 15 is 0 Å². The molecule has 0 saturated carbocycles. The standard InChI is InChI=1S/C9H16N2O/c1-4-6-7-8-10-9(12)11(3)5-2/h1H,5-8H2,2-3H3,(H,10,12). The molecule has 0 spiro atoms. The van der Waals surface area contributed by atoms with Crippen molar-refractivity contribution in [2.75, 3.05) is 20.1 Å².